The Balaban J connectivity index is 1.64. The largest absolute Gasteiger partial charge is 0.326 e. The summed E-state index contributed by atoms with van der Waals surface area (Å²) in [5, 5.41) is 3.42. The molecule has 33 heavy (non-hydrogen) atoms. The van der Waals surface area contributed by atoms with E-state index in [0.29, 0.717) is 22.8 Å². The van der Waals surface area contributed by atoms with Gasteiger partial charge >= 0.3 is 0 Å². The third kappa shape index (κ3) is 7.69. The SMILES string of the molecule is CCCCCC(=O)Nc1ccc(S(=O)(=O)Nc2nccc(C=Cc3ccc(Cl)cc3)n2)cc1. The molecule has 0 saturated carbocycles. The summed E-state index contributed by atoms with van der Waals surface area (Å²) in [7, 11) is -3.89. The predicted molar refractivity (Wildman–Crippen MR) is 132 cm³/mol. The number of aromatic nitrogens is 2. The Kier molecular flexibility index (Phi) is 8.57. The molecule has 2 N–H and O–H groups in total. The van der Waals surface area contributed by atoms with E-state index in [2.05, 4.69) is 26.9 Å². The molecule has 172 valence electrons. The van der Waals surface area contributed by atoms with Crippen LogP contribution in [0.2, 0.25) is 5.02 Å². The molecule has 0 spiro atoms. The summed E-state index contributed by atoms with van der Waals surface area (Å²) in [4.78, 5) is 20.2. The Morgan fingerprint density at radius 1 is 1.00 bits per heavy atom. The minimum atomic E-state index is -3.89. The predicted octanol–water partition coefficient (Wildman–Crippen LogP) is 5.62. The molecular weight excluding hydrogens is 460 g/mol. The number of nitrogens with one attached hydrogen (secondary N) is 2. The zero-order valence-electron chi connectivity index (χ0n) is 18.2. The molecule has 3 rings (SSSR count). The molecule has 0 fully saturated rings. The molecular formula is C24H25ClN4O3S. The molecule has 0 saturated heterocycles. The average Bonchev–Trinajstić information content (AvgIpc) is 2.79. The molecule has 0 bridgehead atoms. The fourth-order valence-electron chi connectivity index (χ4n) is 2.93. The molecule has 7 nitrogen and oxygen atoms in total. The second kappa shape index (κ2) is 11.6. The lowest BCUT2D eigenvalue weighted by atomic mass is 10.2. The van der Waals surface area contributed by atoms with Gasteiger partial charge in [0.05, 0.1) is 10.6 Å². The second-order valence-corrected chi connectivity index (χ2v) is 9.44. The highest BCUT2D eigenvalue weighted by atomic mass is 35.5. The number of benzene rings is 2. The summed E-state index contributed by atoms with van der Waals surface area (Å²) in [5.74, 6) is -0.129. The van der Waals surface area contributed by atoms with E-state index < -0.39 is 10.0 Å². The smallest absolute Gasteiger partial charge is 0.264 e. The molecule has 2 aromatic carbocycles. The highest BCUT2D eigenvalue weighted by Gasteiger charge is 2.16. The number of amides is 1. The maximum atomic E-state index is 12.7. The molecule has 0 aliphatic heterocycles. The standard InChI is InChI=1S/C24H25ClN4O3S/c1-2-3-4-5-23(30)27-20-12-14-22(15-13-20)33(31,32)29-24-26-17-16-21(28-24)11-8-18-6-9-19(25)10-7-18/h6-17H,2-5H2,1H3,(H,27,30)(H,26,28,29). The van der Waals surface area contributed by atoms with E-state index in [1.54, 1.807) is 36.4 Å². The fraction of sp³-hybridized carbons (Fsp3) is 0.208. The van der Waals surface area contributed by atoms with Crippen LogP contribution >= 0.6 is 11.6 Å². The van der Waals surface area contributed by atoms with Crippen molar-refractivity contribution < 1.29 is 13.2 Å². The molecule has 1 heterocycles. The third-order valence-corrected chi connectivity index (χ3v) is 6.27. The normalized spacial score (nSPS) is 11.5. The van der Waals surface area contributed by atoms with Crippen LogP contribution in [0.3, 0.4) is 0 Å². The summed E-state index contributed by atoms with van der Waals surface area (Å²) in [6, 6.07) is 14.9. The Morgan fingerprint density at radius 3 is 2.42 bits per heavy atom. The molecule has 0 aliphatic carbocycles. The number of anilines is 2. The van der Waals surface area contributed by atoms with Crippen LogP contribution in [-0.4, -0.2) is 24.3 Å². The minimum Gasteiger partial charge on any atom is -0.326 e. The Morgan fingerprint density at radius 2 is 1.73 bits per heavy atom. The number of hydrogen-bond donors (Lipinski definition) is 2. The lowest BCUT2D eigenvalue weighted by Crippen LogP contribution is -2.15. The van der Waals surface area contributed by atoms with Gasteiger partial charge in [-0.3, -0.25) is 4.79 Å². The molecule has 0 aliphatic rings. The fourth-order valence-corrected chi connectivity index (χ4v) is 4.00. The Hall–Kier alpha value is -3.23. The lowest BCUT2D eigenvalue weighted by molar-refractivity contribution is -0.116. The number of nitrogens with zero attached hydrogens (tertiary/aromatic N) is 2. The second-order valence-electron chi connectivity index (χ2n) is 7.33. The highest BCUT2D eigenvalue weighted by molar-refractivity contribution is 7.92. The molecule has 9 heteroatoms. The summed E-state index contributed by atoms with van der Waals surface area (Å²) in [5.41, 5.74) is 2.01. The maximum Gasteiger partial charge on any atom is 0.264 e. The van der Waals surface area contributed by atoms with Gasteiger partial charge in [-0.05, 0) is 60.5 Å². The van der Waals surface area contributed by atoms with Crippen molar-refractivity contribution in [3.63, 3.8) is 0 Å². The third-order valence-electron chi connectivity index (χ3n) is 4.68. The van der Waals surface area contributed by atoms with Gasteiger partial charge in [-0.1, -0.05) is 49.6 Å². The van der Waals surface area contributed by atoms with Crippen LogP contribution in [0.4, 0.5) is 11.6 Å². The Bertz CT molecular complexity index is 1210. The summed E-state index contributed by atoms with van der Waals surface area (Å²) in [6.07, 6.45) is 8.37. The number of sulfonamides is 1. The van der Waals surface area contributed by atoms with Crippen LogP contribution in [0.25, 0.3) is 12.2 Å². The first-order valence-electron chi connectivity index (χ1n) is 10.5. The van der Waals surface area contributed by atoms with Gasteiger partial charge in [-0.15, -0.1) is 0 Å². The van der Waals surface area contributed by atoms with Crippen molar-refractivity contribution in [3.8, 4) is 0 Å². The number of halogens is 1. The number of unbranched alkanes of at least 4 members (excludes halogenated alkanes) is 2. The van der Waals surface area contributed by atoms with Crippen LogP contribution in [0.5, 0.6) is 0 Å². The molecule has 3 aromatic rings. The monoisotopic (exact) mass is 484 g/mol. The minimum absolute atomic E-state index is 0.0391. The first-order valence-corrected chi connectivity index (χ1v) is 12.4. The van der Waals surface area contributed by atoms with Crippen molar-refractivity contribution in [2.45, 2.75) is 37.5 Å². The summed E-state index contributed by atoms with van der Waals surface area (Å²) >= 11 is 5.89. The molecule has 1 aromatic heterocycles. The van der Waals surface area contributed by atoms with E-state index in [0.717, 1.165) is 24.8 Å². The van der Waals surface area contributed by atoms with Gasteiger partial charge in [0.15, 0.2) is 0 Å². The number of hydrogen-bond acceptors (Lipinski definition) is 5. The van der Waals surface area contributed by atoms with Gasteiger partial charge in [0, 0.05) is 23.3 Å². The van der Waals surface area contributed by atoms with Crippen molar-refractivity contribution in [1.29, 1.82) is 0 Å². The van der Waals surface area contributed by atoms with E-state index in [1.165, 1.54) is 18.3 Å². The van der Waals surface area contributed by atoms with Crippen molar-refractivity contribution >= 4 is 51.3 Å². The van der Waals surface area contributed by atoms with Crippen molar-refractivity contribution in [2.24, 2.45) is 0 Å². The number of carbonyl (C=O) groups excluding carboxylic acids is 1. The molecule has 0 atom stereocenters. The van der Waals surface area contributed by atoms with E-state index in [4.69, 9.17) is 11.6 Å². The Labute approximate surface area is 199 Å². The van der Waals surface area contributed by atoms with Crippen LogP contribution < -0.4 is 10.0 Å². The lowest BCUT2D eigenvalue weighted by Gasteiger charge is -2.09. The van der Waals surface area contributed by atoms with E-state index in [9.17, 15) is 13.2 Å². The van der Waals surface area contributed by atoms with Crippen LogP contribution in [0.15, 0.2) is 65.7 Å². The van der Waals surface area contributed by atoms with Gasteiger partial charge in [-0.25, -0.2) is 23.1 Å². The maximum absolute atomic E-state index is 12.7. The quantitative estimate of drug-likeness (QED) is 0.364. The van der Waals surface area contributed by atoms with Crippen LogP contribution in [0.1, 0.15) is 43.9 Å². The molecule has 0 radical (unpaired) electrons. The van der Waals surface area contributed by atoms with Gasteiger partial charge in [0.1, 0.15) is 0 Å². The van der Waals surface area contributed by atoms with Crippen molar-refractivity contribution in [3.05, 3.63) is 77.1 Å². The van der Waals surface area contributed by atoms with Crippen molar-refractivity contribution in [1.82, 2.24) is 9.97 Å². The van der Waals surface area contributed by atoms with Gasteiger partial charge in [0.2, 0.25) is 11.9 Å². The van der Waals surface area contributed by atoms with Crippen LogP contribution in [-0.2, 0) is 14.8 Å². The molecule has 0 unspecified atom stereocenters. The van der Waals surface area contributed by atoms with E-state index in [-0.39, 0.29) is 16.8 Å². The van der Waals surface area contributed by atoms with Gasteiger partial charge in [-0.2, -0.15) is 0 Å². The summed E-state index contributed by atoms with van der Waals surface area (Å²) in [6.45, 7) is 2.07. The van der Waals surface area contributed by atoms with Crippen molar-refractivity contribution in [2.75, 3.05) is 10.0 Å². The van der Waals surface area contributed by atoms with Gasteiger partial charge < -0.3 is 5.32 Å². The first-order chi connectivity index (χ1) is 15.9. The van der Waals surface area contributed by atoms with Crippen LogP contribution in [0, 0.1) is 0 Å². The topological polar surface area (TPSA) is 101 Å². The zero-order chi connectivity index (χ0) is 23.7. The van der Waals surface area contributed by atoms with E-state index >= 15 is 0 Å². The average molecular weight is 485 g/mol. The number of carbonyl (C=O) groups is 1. The highest BCUT2D eigenvalue weighted by Crippen LogP contribution is 2.18. The van der Waals surface area contributed by atoms with E-state index in [1.807, 2.05) is 18.2 Å². The number of rotatable bonds is 10. The summed E-state index contributed by atoms with van der Waals surface area (Å²) < 4.78 is 27.8. The van der Waals surface area contributed by atoms with Gasteiger partial charge in [0.25, 0.3) is 10.0 Å². The zero-order valence-corrected chi connectivity index (χ0v) is 19.7. The first kappa shape index (κ1) is 24.4. The molecule has 1 amide bonds.